The zero-order valence-electron chi connectivity index (χ0n) is 16.1. The number of hydrogen-bond donors (Lipinski definition) is 1. The zero-order chi connectivity index (χ0) is 20.7. The van der Waals surface area contributed by atoms with Crippen LogP contribution in [0.3, 0.4) is 0 Å². The summed E-state index contributed by atoms with van der Waals surface area (Å²) in [6, 6.07) is 3.37. The first-order chi connectivity index (χ1) is 13.4. The highest BCUT2D eigenvalue weighted by Gasteiger charge is 2.34. The summed E-state index contributed by atoms with van der Waals surface area (Å²) in [4.78, 5) is 37.5. The molecule has 1 aromatic rings. The Morgan fingerprint density at radius 1 is 1.14 bits per heavy atom. The van der Waals surface area contributed by atoms with Crippen LogP contribution in [0.1, 0.15) is 12.5 Å². The van der Waals surface area contributed by atoms with Crippen molar-refractivity contribution in [2.24, 2.45) is 0 Å². The van der Waals surface area contributed by atoms with E-state index < -0.39 is 5.91 Å². The number of benzene rings is 1. The Hall–Kier alpha value is -2.94. The Morgan fingerprint density at radius 2 is 1.79 bits per heavy atom. The van der Waals surface area contributed by atoms with Gasteiger partial charge in [-0.25, -0.2) is 0 Å². The first-order valence-electron chi connectivity index (χ1n) is 8.41. The number of imide groups is 1. The third kappa shape index (κ3) is 4.86. The van der Waals surface area contributed by atoms with Crippen molar-refractivity contribution >= 4 is 34.9 Å². The van der Waals surface area contributed by atoms with E-state index in [1.165, 1.54) is 27.4 Å². The summed E-state index contributed by atoms with van der Waals surface area (Å²) < 4.78 is 15.9. The first kappa shape index (κ1) is 21.4. The van der Waals surface area contributed by atoms with E-state index in [1.54, 1.807) is 31.2 Å². The number of rotatable bonds is 8. The summed E-state index contributed by atoms with van der Waals surface area (Å²) in [6.45, 7) is 2.00. The van der Waals surface area contributed by atoms with Crippen LogP contribution in [0.15, 0.2) is 29.2 Å². The molecule has 1 N–H and O–H groups in total. The van der Waals surface area contributed by atoms with Crippen LogP contribution in [0.4, 0.5) is 4.79 Å². The largest absolute Gasteiger partial charge is 0.493 e. The number of amides is 3. The van der Waals surface area contributed by atoms with E-state index in [-0.39, 0.29) is 29.1 Å². The highest BCUT2D eigenvalue weighted by Crippen LogP contribution is 2.40. The van der Waals surface area contributed by atoms with Crippen LogP contribution >= 0.6 is 11.8 Å². The Kier molecular flexibility index (Phi) is 7.51. The van der Waals surface area contributed by atoms with E-state index in [4.69, 9.17) is 14.2 Å². The summed E-state index contributed by atoms with van der Waals surface area (Å²) in [6.07, 6.45) is 4.57. The number of hydrogen-bond acceptors (Lipinski definition) is 7. The van der Waals surface area contributed by atoms with Gasteiger partial charge in [0.1, 0.15) is 0 Å². The molecule has 1 fully saturated rings. The predicted molar refractivity (Wildman–Crippen MR) is 107 cm³/mol. The number of nitrogens with one attached hydrogen (secondary N) is 1. The molecule has 0 aliphatic carbocycles. The molecule has 1 heterocycles. The Bertz CT molecular complexity index is 809. The molecule has 3 amide bonds. The van der Waals surface area contributed by atoms with Crippen LogP contribution in [0.25, 0.3) is 6.08 Å². The molecule has 1 aliphatic rings. The molecule has 2 rings (SSSR count). The molecule has 0 spiro atoms. The van der Waals surface area contributed by atoms with Gasteiger partial charge in [0, 0.05) is 13.1 Å². The van der Waals surface area contributed by atoms with Crippen molar-refractivity contribution in [2.45, 2.75) is 6.92 Å². The summed E-state index contributed by atoms with van der Waals surface area (Å²) in [5.41, 5.74) is 0.626. The molecule has 9 heteroatoms. The van der Waals surface area contributed by atoms with Gasteiger partial charge in [0.05, 0.1) is 26.2 Å². The van der Waals surface area contributed by atoms with Crippen LogP contribution < -0.4 is 19.5 Å². The molecular formula is C19H22N2O6S. The second-order valence-corrected chi connectivity index (χ2v) is 6.58. The van der Waals surface area contributed by atoms with Crippen LogP contribution in [0.5, 0.6) is 17.2 Å². The molecule has 0 atom stereocenters. The standard InChI is InChI=1S/C19H22N2O6S/c1-5-6-16(22)20-7-8-21-18(23)15(28-19(21)24)11-12-9-13(25-2)17(27-4)14(10-12)26-3/h5-6,9-11H,7-8H2,1-4H3,(H,20,22)/b6-5+,15-11+. The van der Waals surface area contributed by atoms with Gasteiger partial charge in [-0.3, -0.25) is 19.3 Å². The molecular weight excluding hydrogens is 384 g/mol. The van der Waals surface area contributed by atoms with Gasteiger partial charge in [-0.05, 0) is 48.5 Å². The smallest absolute Gasteiger partial charge is 0.293 e. The van der Waals surface area contributed by atoms with Gasteiger partial charge < -0.3 is 19.5 Å². The topological polar surface area (TPSA) is 94.2 Å². The highest BCUT2D eigenvalue weighted by molar-refractivity contribution is 8.18. The number of allylic oxidation sites excluding steroid dienone is 1. The van der Waals surface area contributed by atoms with Crippen molar-refractivity contribution in [1.29, 1.82) is 0 Å². The summed E-state index contributed by atoms with van der Waals surface area (Å²) in [7, 11) is 4.49. The van der Waals surface area contributed by atoms with Gasteiger partial charge in [-0.2, -0.15) is 0 Å². The van der Waals surface area contributed by atoms with E-state index in [1.807, 2.05) is 0 Å². The fourth-order valence-electron chi connectivity index (χ4n) is 2.53. The van der Waals surface area contributed by atoms with Gasteiger partial charge in [0.25, 0.3) is 11.1 Å². The van der Waals surface area contributed by atoms with Crippen molar-refractivity contribution in [3.63, 3.8) is 0 Å². The van der Waals surface area contributed by atoms with Crippen molar-refractivity contribution in [3.8, 4) is 17.2 Å². The second-order valence-electron chi connectivity index (χ2n) is 5.58. The first-order valence-corrected chi connectivity index (χ1v) is 9.22. The number of carbonyl (C=O) groups is 3. The highest BCUT2D eigenvalue weighted by atomic mass is 32.2. The minimum Gasteiger partial charge on any atom is -0.493 e. The van der Waals surface area contributed by atoms with Crippen LogP contribution in [-0.2, 0) is 9.59 Å². The lowest BCUT2D eigenvalue weighted by atomic mass is 10.1. The average molecular weight is 406 g/mol. The third-order valence-electron chi connectivity index (χ3n) is 3.81. The molecule has 0 bridgehead atoms. The lowest BCUT2D eigenvalue weighted by molar-refractivity contribution is -0.123. The maximum atomic E-state index is 12.6. The van der Waals surface area contributed by atoms with Crippen LogP contribution in [-0.4, -0.2) is 56.4 Å². The summed E-state index contributed by atoms with van der Waals surface area (Å²) in [5.74, 6) is 0.636. The third-order valence-corrected chi connectivity index (χ3v) is 4.72. The molecule has 28 heavy (non-hydrogen) atoms. The summed E-state index contributed by atoms with van der Waals surface area (Å²) in [5, 5.41) is 2.23. The predicted octanol–water partition coefficient (Wildman–Crippen LogP) is 2.44. The lowest BCUT2D eigenvalue weighted by Crippen LogP contribution is -2.36. The Morgan fingerprint density at radius 3 is 2.32 bits per heavy atom. The molecule has 0 radical (unpaired) electrons. The van der Waals surface area contributed by atoms with Gasteiger partial charge in [0.2, 0.25) is 11.7 Å². The minimum atomic E-state index is -0.413. The van der Waals surface area contributed by atoms with E-state index in [0.717, 1.165) is 16.7 Å². The molecule has 0 aromatic heterocycles. The average Bonchev–Trinajstić information content (AvgIpc) is 2.94. The van der Waals surface area contributed by atoms with Crippen molar-refractivity contribution in [1.82, 2.24) is 10.2 Å². The van der Waals surface area contributed by atoms with Gasteiger partial charge >= 0.3 is 0 Å². The monoisotopic (exact) mass is 406 g/mol. The van der Waals surface area contributed by atoms with Gasteiger partial charge in [-0.1, -0.05) is 6.08 Å². The van der Waals surface area contributed by atoms with Crippen LogP contribution in [0.2, 0.25) is 0 Å². The SMILES string of the molecule is C/C=C/C(=O)NCCN1C(=O)S/C(=C/c2cc(OC)c(OC)c(OC)c2)C1=O. The molecule has 0 unspecified atom stereocenters. The normalized spacial score (nSPS) is 15.4. The maximum absolute atomic E-state index is 12.6. The molecule has 8 nitrogen and oxygen atoms in total. The molecule has 1 aliphatic heterocycles. The Balaban J connectivity index is 2.18. The molecule has 1 saturated heterocycles. The van der Waals surface area contributed by atoms with Crippen molar-refractivity contribution in [3.05, 3.63) is 34.8 Å². The lowest BCUT2D eigenvalue weighted by Gasteiger charge is -2.13. The van der Waals surface area contributed by atoms with E-state index in [0.29, 0.717) is 22.8 Å². The number of nitrogens with zero attached hydrogens (tertiary/aromatic N) is 1. The maximum Gasteiger partial charge on any atom is 0.293 e. The fraction of sp³-hybridized carbons (Fsp3) is 0.316. The van der Waals surface area contributed by atoms with E-state index in [9.17, 15) is 14.4 Å². The van der Waals surface area contributed by atoms with E-state index in [2.05, 4.69) is 5.32 Å². The van der Waals surface area contributed by atoms with Crippen molar-refractivity contribution < 1.29 is 28.6 Å². The number of thioether (sulfide) groups is 1. The summed E-state index contributed by atoms with van der Waals surface area (Å²) >= 11 is 0.842. The van der Waals surface area contributed by atoms with E-state index >= 15 is 0 Å². The molecule has 0 saturated carbocycles. The quantitative estimate of drug-likeness (QED) is 0.663. The van der Waals surface area contributed by atoms with Gasteiger partial charge in [0.15, 0.2) is 11.5 Å². The van der Waals surface area contributed by atoms with Crippen LogP contribution in [0, 0.1) is 0 Å². The van der Waals surface area contributed by atoms with Crippen molar-refractivity contribution in [2.75, 3.05) is 34.4 Å². The second kappa shape index (κ2) is 9.84. The van der Waals surface area contributed by atoms with Gasteiger partial charge in [-0.15, -0.1) is 0 Å². The number of methoxy groups -OCH3 is 3. The molecule has 150 valence electrons. The minimum absolute atomic E-state index is 0.0978. The fourth-order valence-corrected chi connectivity index (χ4v) is 3.40. The Labute approximate surface area is 167 Å². The number of ether oxygens (including phenoxy) is 3. The zero-order valence-corrected chi connectivity index (χ0v) is 16.9. The number of carbonyl (C=O) groups excluding carboxylic acids is 3. The molecule has 1 aromatic carbocycles.